The summed E-state index contributed by atoms with van der Waals surface area (Å²) in [5, 5.41) is 0. The second-order valence-electron chi connectivity index (χ2n) is 4.29. The van der Waals surface area contributed by atoms with Gasteiger partial charge in [-0.3, -0.25) is 0 Å². The van der Waals surface area contributed by atoms with Crippen molar-refractivity contribution in [2.24, 2.45) is 5.73 Å². The van der Waals surface area contributed by atoms with Crippen molar-refractivity contribution in [2.75, 3.05) is 6.54 Å². The third-order valence-corrected chi connectivity index (χ3v) is 4.44. The zero-order valence-electron chi connectivity index (χ0n) is 9.10. The van der Waals surface area contributed by atoms with Crippen LogP contribution in [0.15, 0.2) is 0 Å². The van der Waals surface area contributed by atoms with Crippen LogP contribution in [0.5, 0.6) is 0 Å². The maximum Gasteiger partial charge on any atom is 0.00552 e. The average Bonchev–Trinajstić information content (AvgIpc) is 2.40. The summed E-state index contributed by atoms with van der Waals surface area (Å²) in [5.74, 6) is 0.637. The van der Waals surface area contributed by atoms with Gasteiger partial charge in [-0.2, -0.15) is 0 Å². The molecule has 1 aliphatic carbocycles. The highest BCUT2D eigenvalue weighted by Gasteiger charge is 2.22. The molecule has 0 spiro atoms. The van der Waals surface area contributed by atoms with E-state index < -0.39 is 0 Å². The Labute approximate surface area is 90.3 Å². The Kier molecular flexibility index (Phi) is 2.93. The first kappa shape index (κ1) is 10.2. The van der Waals surface area contributed by atoms with E-state index in [2.05, 4.69) is 13.8 Å². The van der Waals surface area contributed by atoms with Gasteiger partial charge >= 0.3 is 0 Å². The molecule has 2 heteroatoms. The van der Waals surface area contributed by atoms with Gasteiger partial charge in [0.2, 0.25) is 0 Å². The summed E-state index contributed by atoms with van der Waals surface area (Å²) >= 11 is 1.96. The van der Waals surface area contributed by atoms with Crippen molar-refractivity contribution < 1.29 is 0 Å². The molecule has 1 aromatic heterocycles. The van der Waals surface area contributed by atoms with Gasteiger partial charge in [0.05, 0.1) is 0 Å². The van der Waals surface area contributed by atoms with Gasteiger partial charge in [-0.25, -0.2) is 0 Å². The molecule has 1 atom stereocenters. The molecule has 14 heavy (non-hydrogen) atoms. The lowest BCUT2D eigenvalue weighted by atomic mass is 9.93. The molecule has 78 valence electrons. The zero-order valence-corrected chi connectivity index (χ0v) is 9.91. The Morgan fingerprint density at radius 2 is 2.07 bits per heavy atom. The van der Waals surface area contributed by atoms with E-state index in [-0.39, 0.29) is 0 Å². The Bertz CT molecular complexity index is 327. The van der Waals surface area contributed by atoms with E-state index >= 15 is 0 Å². The van der Waals surface area contributed by atoms with Crippen LogP contribution < -0.4 is 5.73 Å². The van der Waals surface area contributed by atoms with Gasteiger partial charge in [-0.05, 0) is 56.7 Å². The number of hydrogen-bond acceptors (Lipinski definition) is 2. The van der Waals surface area contributed by atoms with Gasteiger partial charge in [-0.1, -0.05) is 6.42 Å². The molecule has 2 rings (SSSR count). The molecule has 1 nitrogen and oxygen atoms in total. The van der Waals surface area contributed by atoms with Gasteiger partial charge in [0.1, 0.15) is 0 Å². The molecule has 0 aromatic carbocycles. The van der Waals surface area contributed by atoms with Crippen molar-refractivity contribution >= 4 is 11.3 Å². The first-order valence-electron chi connectivity index (χ1n) is 5.53. The van der Waals surface area contributed by atoms with Gasteiger partial charge in [-0.15, -0.1) is 11.3 Å². The molecule has 0 bridgehead atoms. The smallest absolute Gasteiger partial charge is 0.00552 e. The fourth-order valence-corrected chi connectivity index (χ4v) is 3.86. The maximum atomic E-state index is 5.87. The highest BCUT2D eigenvalue weighted by molar-refractivity contribution is 7.12. The quantitative estimate of drug-likeness (QED) is 0.707. The van der Waals surface area contributed by atoms with Gasteiger partial charge in [0.15, 0.2) is 0 Å². The first-order chi connectivity index (χ1) is 6.74. The fraction of sp³-hybridized carbons (Fsp3) is 0.667. The van der Waals surface area contributed by atoms with E-state index in [0.717, 1.165) is 6.54 Å². The van der Waals surface area contributed by atoms with Crippen LogP contribution in [-0.2, 0) is 6.42 Å². The standard InChI is InChI=1S/C12H19NS/c1-8-11-6-4-3-5-10(7-13)12(11)9(2)14-8/h10H,3-7,13H2,1-2H3. The predicted molar refractivity (Wildman–Crippen MR) is 63.1 cm³/mol. The van der Waals surface area contributed by atoms with E-state index in [9.17, 15) is 0 Å². The molecule has 0 saturated carbocycles. The molecule has 1 aliphatic rings. The van der Waals surface area contributed by atoms with Crippen molar-refractivity contribution in [3.8, 4) is 0 Å². The van der Waals surface area contributed by atoms with Crippen molar-refractivity contribution in [1.29, 1.82) is 0 Å². The first-order valence-corrected chi connectivity index (χ1v) is 6.34. The number of hydrogen-bond donors (Lipinski definition) is 1. The van der Waals surface area contributed by atoms with Gasteiger partial charge in [0.25, 0.3) is 0 Å². The summed E-state index contributed by atoms with van der Waals surface area (Å²) in [6.45, 7) is 5.34. The number of aryl methyl sites for hydroxylation is 2. The minimum absolute atomic E-state index is 0.637. The minimum atomic E-state index is 0.637. The number of thiophene rings is 1. The highest BCUT2D eigenvalue weighted by atomic mass is 32.1. The van der Waals surface area contributed by atoms with Crippen LogP contribution >= 0.6 is 11.3 Å². The topological polar surface area (TPSA) is 26.0 Å². The van der Waals surface area contributed by atoms with Crippen LogP contribution in [-0.4, -0.2) is 6.54 Å². The average molecular weight is 209 g/mol. The van der Waals surface area contributed by atoms with Crippen molar-refractivity contribution in [3.05, 3.63) is 20.9 Å². The van der Waals surface area contributed by atoms with Crippen LogP contribution in [0.2, 0.25) is 0 Å². The second-order valence-corrected chi connectivity index (χ2v) is 5.71. The van der Waals surface area contributed by atoms with Crippen LogP contribution in [0.3, 0.4) is 0 Å². The summed E-state index contributed by atoms with van der Waals surface area (Å²) < 4.78 is 0. The Morgan fingerprint density at radius 3 is 2.79 bits per heavy atom. The number of rotatable bonds is 1. The lowest BCUT2D eigenvalue weighted by Crippen LogP contribution is -2.12. The van der Waals surface area contributed by atoms with E-state index in [1.54, 1.807) is 11.1 Å². The Morgan fingerprint density at radius 1 is 1.29 bits per heavy atom. The van der Waals surface area contributed by atoms with E-state index in [0.29, 0.717) is 5.92 Å². The van der Waals surface area contributed by atoms with E-state index in [1.165, 1.54) is 35.4 Å². The Balaban J connectivity index is 2.46. The molecule has 1 heterocycles. The third-order valence-electron chi connectivity index (χ3n) is 3.36. The molecule has 1 unspecified atom stereocenters. The molecule has 0 saturated heterocycles. The summed E-state index contributed by atoms with van der Waals surface area (Å²) in [7, 11) is 0. The van der Waals surface area contributed by atoms with Crippen molar-refractivity contribution in [1.82, 2.24) is 0 Å². The molecule has 0 amide bonds. The summed E-state index contributed by atoms with van der Waals surface area (Å²) in [4.78, 5) is 3.03. The van der Waals surface area contributed by atoms with Crippen LogP contribution in [0.1, 0.15) is 46.1 Å². The molecule has 2 N–H and O–H groups in total. The van der Waals surface area contributed by atoms with Gasteiger partial charge in [0, 0.05) is 9.75 Å². The fourth-order valence-electron chi connectivity index (χ4n) is 2.67. The van der Waals surface area contributed by atoms with Crippen LogP contribution in [0.4, 0.5) is 0 Å². The predicted octanol–water partition coefficient (Wildman–Crippen LogP) is 3.13. The molecule has 0 fully saturated rings. The van der Waals surface area contributed by atoms with Crippen molar-refractivity contribution in [3.63, 3.8) is 0 Å². The molecular weight excluding hydrogens is 190 g/mol. The summed E-state index contributed by atoms with van der Waals surface area (Å²) in [5.41, 5.74) is 9.10. The second kappa shape index (κ2) is 4.03. The summed E-state index contributed by atoms with van der Waals surface area (Å²) in [6.07, 6.45) is 5.27. The van der Waals surface area contributed by atoms with Gasteiger partial charge < -0.3 is 5.73 Å². The highest BCUT2D eigenvalue weighted by Crippen LogP contribution is 2.38. The SMILES string of the molecule is Cc1sc(C)c2c1CCCCC2CN. The Hall–Kier alpha value is -0.340. The lowest BCUT2D eigenvalue weighted by Gasteiger charge is -2.13. The van der Waals surface area contributed by atoms with Crippen LogP contribution in [0.25, 0.3) is 0 Å². The molecule has 1 aromatic rings. The normalized spacial score (nSPS) is 21.8. The third kappa shape index (κ3) is 1.61. The molecular formula is C12H19NS. The molecule has 0 radical (unpaired) electrons. The monoisotopic (exact) mass is 209 g/mol. The maximum absolute atomic E-state index is 5.87. The van der Waals surface area contributed by atoms with E-state index in [4.69, 9.17) is 5.73 Å². The zero-order chi connectivity index (χ0) is 10.1. The van der Waals surface area contributed by atoms with Crippen molar-refractivity contribution in [2.45, 2.75) is 45.4 Å². The molecule has 0 aliphatic heterocycles. The number of fused-ring (bicyclic) bond motifs is 1. The minimum Gasteiger partial charge on any atom is -0.330 e. The lowest BCUT2D eigenvalue weighted by molar-refractivity contribution is 0.602. The van der Waals surface area contributed by atoms with E-state index in [1.807, 2.05) is 11.3 Å². The van der Waals surface area contributed by atoms with Crippen LogP contribution in [0, 0.1) is 13.8 Å². The summed E-state index contributed by atoms with van der Waals surface area (Å²) in [6, 6.07) is 0. The number of nitrogens with two attached hydrogens (primary N) is 1. The largest absolute Gasteiger partial charge is 0.330 e.